The van der Waals surface area contributed by atoms with Crippen molar-refractivity contribution < 1.29 is 14.3 Å². The van der Waals surface area contributed by atoms with Gasteiger partial charge in [0, 0.05) is 10.5 Å². The topological polar surface area (TPSA) is 43.4 Å². The highest BCUT2D eigenvalue weighted by atomic mass is 35.5. The summed E-state index contributed by atoms with van der Waals surface area (Å²) in [6, 6.07) is 13.8. The molecule has 0 aliphatic heterocycles. The molecule has 0 aliphatic rings. The Labute approximate surface area is 142 Å². The zero-order valence-corrected chi connectivity index (χ0v) is 13.8. The molecular weight excluding hydrogens is 343 g/mol. The van der Waals surface area contributed by atoms with Gasteiger partial charge < -0.3 is 4.74 Å². The lowest BCUT2D eigenvalue weighted by Gasteiger charge is -2.05. The molecule has 2 aromatic rings. The molecule has 0 aromatic heterocycles. The van der Waals surface area contributed by atoms with Gasteiger partial charge >= 0.3 is 5.97 Å². The second kappa shape index (κ2) is 8.22. The Morgan fingerprint density at radius 2 is 1.73 bits per heavy atom. The molecule has 0 fully saturated rings. The van der Waals surface area contributed by atoms with E-state index in [1.807, 2.05) is 6.07 Å². The number of hydrogen-bond donors (Lipinski definition) is 0. The van der Waals surface area contributed by atoms with Gasteiger partial charge in [0.2, 0.25) is 0 Å². The van der Waals surface area contributed by atoms with Gasteiger partial charge in [-0.3, -0.25) is 9.59 Å². The molecule has 0 amide bonds. The molecule has 0 spiro atoms. The van der Waals surface area contributed by atoms with Crippen molar-refractivity contribution in [1.29, 1.82) is 0 Å². The van der Waals surface area contributed by atoms with Crippen molar-refractivity contribution in [3.63, 3.8) is 0 Å². The molecule has 0 unspecified atom stereocenters. The van der Waals surface area contributed by atoms with Crippen molar-refractivity contribution in [1.82, 2.24) is 0 Å². The van der Waals surface area contributed by atoms with E-state index in [9.17, 15) is 9.59 Å². The molecule has 0 saturated carbocycles. The summed E-state index contributed by atoms with van der Waals surface area (Å²) >= 11 is 13.0. The standard InChI is InChI=1S/C16H12Cl2O3S/c17-13-7-6-12(8-14(13)18)22-10-16(20)21-9-15(19)11-4-2-1-3-5-11/h1-8H,9-10H2. The summed E-state index contributed by atoms with van der Waals surface area (Å²) in [6.07, 6.45) is 0. The lowest BCUT2D eigenvalue weighted by Crippen LogP contribution is -2.15. The number of ketones is 1. The summed E-state index contributed by atoms with van der Waals surface area (Å²) in [5.74, 6) is -0.589. The van der Waals surface area contributed by atoms with Gasteiger partial charge in [-0.1, -0.05) is 53.5 Å². The molecule has 0 aliphatic carbocycles. The summed E-state index contributed by atoms with van der Waals surface area (Å²) in [5.41, 5.74) is 0.521. The quantitative estimate of drug-likeness (QED) is 0.434. The summed E-state index contributed by atoms with van der Waals surface area (Å²) in [7, 11) is 0. The number of halogens is 2. The molecule has 0 saturated heterocycles. The number of Topliss-reactive ketones (excluding diaryl/α,β-unsaturated/α-hetero) is 1. The number of esters is 1. The fourth-order valence-electron chi connectivity index (χ4n) is 1.60. The van der Waals surface area contributed by atoms with Crippen LogP contribution in [0.15, 0.2) is 53.4 Å². The van der Waals surface area contributed by atoms with Gasteiger partial charge in [0.25, 0.3) is 0 Å². The van der Waals surface area contributed by atoms with Gasteiger partial charge in [-0.25, -0.2) is 0 Å². The van der Waals surface area contributed by atoms with Crippen LogP contribution in [-0.2, 0) is 9.53 Å². The number of ether oxygens (including phenoxy) is 1. The van der Waals surface area contributed by atoms with Crippen LogP contribution in [0.25, 0.3) is 0 Å². The fourth-order valence-corrected chi connectivity index (χ4v) is 2.70. The minimum Gasteiger partial charge on any atom is -0.457 e. The number of hydrogen-bond acceptors (Lipinski definition) is 4. The first-order valence-corrected chi connectivity index (χ1v) is 8.12. The molecule has 22 heavy (non-hydrogen) atoms. The Morgan fingerprint density at radius 3 is 2.41 bits per heavy atom. The predicted molar refractivity (Wildman–Crippen MR) is 88.9 cm³/mol. The molecule has 0 atom stereocenters. The molecule has 2 rings (SSSR count). The summed E-state index contributed by atoms with van der Waals surface area (Å²) in [4.78, 5) is 24.2. The van der Waals surface area contributed by atoms with E-state index < -0.39 is 5.97 Å². The highest BCUT2D eigenvalue weighted by Crippen LogP contribution is 2.27. The van der Waals surface area contributed by atoms with E-state index in [2.05, 4.69) is 0 Å². The summed E-state index contributed by atoms with van der Waals surface area (Å²) in [5, 5.41) is 0.890. The van der Waals surface area contributed by atoms with Gasteiger partial charge in [-0.2, -0.15) is 0 Å². The molecule has 6 heteroatoms. The smallest absolute Gasteiger partial charge is 0.316 e. The molecule has 0 heterocycles. The number of carbonyl (C=O) groups is 2. The second-order valence-corrected chi connectivity index (χ2v) is 6.18. The van der Waals surface area contributed by atoms with Gasteiger partial charge in [-0.15, -0.1) is 11.8 Å². The van der Waals surface area contributed by atoms with Crippen LogP contribution >= 0.6 is 35.0 Å². The van der Waals surface area contributed by atoms with Crippen molar-refractivity contribution in [3.05, 3.63) is 64.1 Å². The van der Waals surface area contributed by atoms with E-state index in [0.717, 1.165) is 4.90 Å². The van der Waals surface area contributed by atoms with Gasteiger partial charge in [-0.05, 0) is 18.2 Å². The molecular formula is C16H12Cl2O3S. The number of thioether (sulfide) groups is 1. The van der Waals surface area contributed by atoms with Crippen LogP contribution in [0.2, 0.25) is 10.0 Å². The Kier molecular flexibility index (Phi) is 6.31. The van der Waals surface area contributed by atoms with E-state index in [-0.39, 0.29) is 18.1 Å². The maximum absolute atomic E-state index is 11.8. The lowest BCUT2D eigenvalue weighted by molar-refractivity contribution is -0.139. The minimum absolute atomic E-state index is 0.0973. The molecule has 2 aromatic carbocycles. The van der Waals surface area contributed by atoms with Crippen LogP contribution in [0.3, 0.4) is 0 Å². The Morgan fingerprint density at radius 1 is 1.00 bits per heavy atom. The maximum atomic E-state index is 11.8. The predicted octanol–water partition coefficient (Wildman–Crippen LogP) is 4.51. The third kappa shape index (κ3) is 5.05. The van der Waals surface area contributed by atoms with Crippen LogP contribution < -0.4 is 0 Å². The number of carbonyl (C=O) groups excluding carboxylic acids is 2. The molecule has 0 radical (unpaired) electrons. The first kappa shape index (κ1) is 16.9. The summed E-state index contributed by atoms with van der Waals surface area (Å²) in [6.45, 7) is -0.259. The minimum atomic E-state index is -0.458. The highest BCUT2D eigenvalue weighted by molar-refractivity contribution is 8.00. The van der Waals surface area contributed by atoms with Crippen LogP contribution in [-0.4, -0.2) is 24.1 Å². The number of rotatable bonds is 6. The van der Waals surface area contributed by atoms with Gasteiger partial charge in [0.1, 0.15) is 0 Å². The van der Waals surface area contributed by atoms with E-state index in [4.69, 9.17) is 27.9 Å². The van der Waals surface area contributed by atoms with Crippen molar-refractivity contribution in [2.75, 3.05) is 12.4 Å². The molecule has 0 bridgehead atoms. The third-order valence-corrected chi connectivity index (χ3v) is 4.41. The normalized spacial score (nSPS) is 10.3. The average Bonchev–Trinajstić information content (AvgIpc) is 2.54. The highest BCUT2D eigenvalue weighted by Gasteiger charge is 2.10. The maximum Gasteiger partial charge on any atom is 0.316 e. The Hall–Kier alpha value is -1.49. The van der Waals surface area contributed by atoms with Crippen LogP contribution in [0.5, 0.6) is 0 Å². The molecule has 0 N–H and O–H groups in total. The van der Waals surface area contributed by atoms with Crippen molar-refractivity contribution in [2.45, 2.75) is 4.90 Å². The summed E-state index contributed by atoms with van der Waals surface area (Å²) < 4.78 is 4.97. The lowest BCUT2D eigenvalue weighted by atomic mass is 10.1. The molecule has 3 nitrogen and oxygen atoms in total. The zero-order chi connectivity index (χ0) is 15.9. The zero-order valence-electron chi connectivity index (χ0n) is 11.4. The molecule has 114 valence electrons. The van der Waals surface area contributed by atoms with E-state index >= 15 is 0 Å². The number of benzene rings is 2. The van der Waals surface area contributed by atoms with E-state index in [1.165, 1.54) is 11.8 Å². The Bertz CT molecular complexity index is 674. The first-order chi connectivity index (χ1) is 10.6. The van der Waals surface area contributed by atoms with E-state index in [0.29, 0.717) is 15.6 Å². The van der Waals surface area contributed by atoms with Crippen molar-refractivity contribution in [2.24, 2.45) is 0 Å². The third-order valence-electron chi connectivity index (χ3n) is 2.71. The fraction of sp³-hybridized carbons (Fsp3) is 0.125. The second-order valence-electron chi connectivity index (χ2n) is 4.31. The largest absolute Gasteiger partial charge is 0.457 e. The first-order valence-electron chi connectivity index (χ1n) is 6.38. The monoisotopic (exact) mass is 354 g/mol. The average molecular weight is 355 g/mol. The van der Waals surface area contributed by atoms with Gasteiger partial charge in [0.05, 0.1) is 15.8 Å². The van der Waals surface area contributed by atoms with Crippen LogP contribution in [0.4, 0.5) is 0 Å². The van der Waals surface area contributed by atoms with Crippen LogP contribution in [0.1, 0.15) is 10.4 Å². The van der Waals surface area contributed by atoms with Gasteiger partial charge in [0.15, 0.2) is 12.4 Å². The van der Waals surface area contributed by atoms with Crippen LogP contribution in [0, 0.1) is 0 Å². The van der Waals surface area contributed by atoms with Crippen molar-refractivity contribution >= 4 is 46.7 Å². The Balaban J connectivity index is 1.78. The SMILES string of the molecule is O=C(CSc1ccc(Cl)c(Cl)c1)OCC(=O)c1ccccc1. The van der Waals surface area contributed by atoms with E-state index in [1.54, 1.807) is 42.5 Å². The van der Waals surface area contributed by atoms with Crippen molar-refractivity contribution in [3.8, 4) is 0 Å².